The Bertz CT molecular complexity index is 83.0. The second-order valence-corrected chi connectivity index (χ2v) is 2.09. The number of rotatable bonds is 0. The highest BCUT2D eigenvalue weighted by Crippen LogP contribution is 1.94. The van der Waals surface area contributed by atoms with Crippen molar-refractivity contribution in [3.8, 4) is 0 Å². The van der Waals surface area contributed by atoms with Crippen LogP contribution in [0.3, 0.4) is 0 Å². The lowest BCUT2D eigenvalue weighted by Crippen LogP contribution is -2.06. The lowest BCUT2D eigenvalue weighted by atomic mass is 10.6. The van der Waals surface area contributed by atoms with E-state index in [4.69, 9.17) is 0 Å². The lowest BCUT2D eigenvalue weighted by Gasteiger charge is -1.98. The molecule has 0 radical (unpaired) electrons. The molecule has 0 unspecified atom stereocenters. The quantitative estimate of drug-likeness (QED) is 0.472. The molecule has 1 rings (SSSR count). The largest absolute Gasteiger partial charge is 0.387 e. The summed E-state index contributed by atoms with van der Waals surface area (Å²) < 4.78 is 3.00. The van der Waals surface area contributed by atoms with Gasteiger partial charge in [0.1, 0.15) is 0 Å². The van der Waals surface area contributed by atoms with Crippen LogP contribution in [-0.4, -0.2) is 6.54 Å². The van der Waals surface area contributed by atoms with Crippen molar-refractivity contribution in [3.05, 3.63) is 23.9 Å². The SMILES string of the molecule is C1=CNS/C=C\NC1. The average Bonchev–Trinajstić information content (AvgIpc) is 1.62. The molecule has 2 nitrogen and oxygen atoms in total. The Balaban J connectivity index is 2.29. The second-order valence-electron chi connectivity index (χ2n) is 1.35. The molecule has 0 aromatic rings. The standard InChI is InChI=1S/C5H8N2S/c1-2-6-4-5-8-7-3-1/h1,3-7H,2H2/b3-1?,5-4-. The van der Waals surface area contributed by atoms with Crippen LogP contribution >= 0.6 is 11.9 Å². The first-order valence-corrected chi connectivity index (χ1v) is 3.33. The minimum absolute atomic E-state index is 0.907. The fourth-order valence-corrected chi connectivity index (χ4v) is 0.821. The van der Waals surface area contributed by atoms with Crippen molar-refractivity contribution < 1.29 is 0 Å². The van der Waals surface area contributed by atoms with Gasteiger partial charge in [-0.05, 0) is 18.0 Å². The normalized spacial score (nSPS) is 22.0. The van der Waals surface area contributed by atoms with Crippen LogP contribution in [0, 0.1) is 0 Å². The Hall–Kier alpha value is -0.570. The average molecular weight is 128 g/mol. The third-order valence-electron chi connectivity index (χ3n) is 0.744. The van der Waals surface area contributed by atoms with Gasteiger partial charge < -0.3 is 10.0 Å². The Labute approximate surface area is 53.2 Å². The lowest BCUT2D eigenvalue weighted by molar-refractivity contribution is 0.980. The molecule has 0 aromatic heterocycles. The molecule has 0 spiro atoms. The van der Waals surface area contributed by atoms with Crippen LogP contribution in [0.5, 0.6) is 0 Å². The van der Waals surface area contributed by atoms with Crippen molar-refractivity contribution in [1.82, 2.24) is 10.0 Å². The van der Waals surface area contributed by atoms with E-state index >= 15 is 0 Å². The predicted octanol–water partition coefficient (Wildman–Crippen LogP) is 0.812. The molecule has 0 saturated carbocycles. The van der Waals surface area contributed by atoms with E-state index in [1.165, 1.54) is 0 Å². The highest BCUT2D eigenvalue weighted by molar-refractivity contribution is 8.00. The van der Waals surface area contributed by atoms with E-state index in [1.807, 2.05) is 23.9 Å². The summed E-state index contributed by atoms with van der Waals surface area (Å²) in [4.78, 5) is 0. The summed E-state index contributed by atoms with van der Waals surface area (Å²) in [6.45, 7) is 0.907. The first-order valence-electron chi connectivity index (χ1n) is 2.45. The van der Waals surface area contributed by atoms with E-state index in [1.54, 1.807) is 11.9 Å². The molecule has 0 atom stereocenters. The van der Waals surface area contributed by atoms with Gasteiger partial charge in [-0.25, -0.2) is 0 Å². The van der Waals surface area contributed by atoms with Crippen LogP contribution < -0.4 is 10.0 Å². The van der Waals surface area contributed by atoms with Crippen molar-refractivity contribution in [2.45, 2.75) is 0 Å². The van der Waals surface area contributed by atoms with Crippen molar-refractivity contribution in [1.29, 1.82) is 0 Å². The topological polar surface area (TPSA) is 24.1 Å². The number of hydrogen-bond donors (Lipinski definition) is 2. The molecule has 1 aliphatic rings. The van der Waals surface area contributed by atoms with Gasteiger partial charge in [-0.1, -0.05) is 0 Å². The highest BCUT2D eigenvalue weighted by atomic mass is 32.2. The number of nitrogens with one attached hydrogen (secondary N) is 2. The summed E-state index contributed by atoms with van der Waals surface area (Å²) >= 11 is 1.55. The molecule has 1 heterocycles. The molecule has 0 bridgehead atoms. The molecule has 0 saturated heterocycles. The molecule has 8 heavy (non-hydrogen) atoms. The van der Waals surface area contributed by atoms with Crippen molar-refractivity contribution in [3.63, 3.8) is 0 Å². The third-order valence-corrected chi connectivity index (χ3v) is 1.29. The minimum Gasteiger partial charge on any atom is -0.387 e. The fourth-order valence-electron chi connectivity index (χ4n) is 0.404. The van der Waals surface area contributed by atoms with Crippen LogP contribution in [0.15, 0.2) is 23.9 Å². The molecular formula is C5H8N2S. The summed E-state index contributed by atoms with van der Waals surface area (Å²) in [6.07, 6.45) is 5.86. The van der Waals surface area contributed by atoms with Gasteiger partial charge in [-0.3, -0.25) is 0 Å². The van der Waals surface area contributed by atoms with Gasteiger partial charge >= 0.3 is 0 Å². The molecule has 2 N–H and O–H groups in total. The van der Waals surface area contributed by atoms with Crippen LogP contribution in [0.1, 0.15) is 0 Å². The van der Waals surface area contributed by atoms with Gasteiger partial charge in [0.15, 0.2) is 0 Å². The first-order chi connectivity index (χ1) is 4.00. The Morgan fingerprint density at radius 1 is 1.38 bits per heavy atom. The summed E-state index contributed by atoms with van der Waals surface area (Å²) in [5.41, 5.74) is 0. The predicted molar refractivity (Wildman–Crippen MR) is 37.0 cm³/mol. The third kappa shape index (κ3) is 1.93. The maximum absolute atomic E-state index is 3.06. The fraction of sp³-hybridized carbons (Fsp3) is 0.200. The highest BCUT2D eigenvalue weighted by Gasteiger charge is 1.77. The molecule has 44 valence electrons. The zero-order valence-electron chi connectivity index (χ0n) is 4.42. The van der Waals surface area contributed by atoms with Gasteiger partial charge in [-0.2, -0.15) is 0 Å². The first kappa shape index (κ1) is 5.56. The summed E-state index contributed by atoms with van der Waals surface area (Å²) in [6, 6.07) is 0. The number of hydrogen-bond acceptors (Lipinski definition) is 3. The maximum Gasteiger partial charge on any atom is 0.0342 e. The van der Waals surface area contributed by atoms with Gasteiger partial charge in [-0.15, -0.1) is 0 Å². The zero-order chi connectivity index (χ0) is 5.66. The minimum atomic E-state index is 0.907. The molecule has 3 heteroatoms. The monoisotopic (exact) mass is 128 g/mol. The van der Waals surface area contributed by atoms with E-state index in [2.05, 4.69) is 10.0 Å². The summed E-state index contributed by atoms with van der Waals surface area (Å²) in [5.74, 6) is 0. The van der Waals surface area contributed by atoms with E-state index in [0.717, 1.165) is 6.54 Å². The van der Waals surface area contributed by atoms with Gasteiger partial charge in [0.25, 0.3) is 0 Å². The molecule has 1 aliphatic heterocycles. The molecular weight excluding hydrogens is 120 g/mol. The van der Waals surface area contributed by atoms with Crippen LogP contribution in [0.4, 0.5) is 0 Å². The second kappa shape index (κ2) is 3.43. The smallest absolute Gasteiger partial charge is 0.0342 e. The van der Waals surface area contributed by atoms with E-state index in [0.29, 0.717) is 0 Å². The van der Waals surface area contributed by atoms with E-state index < -0.39 is 0 Å². The molecule has 0 aromatic carbocycles. The van der Waals surface area contributed by atoms with Crippen molar-refractivity contribution in [2.75, 3.05) is 6.54 Å². The Morgan fingerprint density at radius 2 is 2.38 bits per heavy atom. The Morgan fingerprint density at radius 3 is 3.38 bits per heavy atom. The van der Waals surface area contributed by atoms with Crippen molar-refractivity contribution >= 4 is 11.9 Å². The molecule has 0 fully saturated rings. The van der Waals surface area contributed by atoms with Crippen molar-refractivity contribution in [2.24, 2.45) is 0 Å². The summed E-state index contributed by atoms with van der Waals surface area (Å²) in [7, 11) is 0. The van der Waals surface area contributed by atoms with E-state index in [-0.39, 0.29) is 0 Å². The van der Waals surface area contributed by atoms with Gasteiger partial charge in [0, 0.05) is 24.4 Å². The van der Waals surface area contributed by atoms with Crippen LogP contribution in [-0.2, 0) is 0 Å². The Kier molecular flexibility index (Phi) is 2.39. The maximum atomic E-state index is 3.06. The molecule has 0 aliphatic carbocycles. The molecule has 0 amide bonds. The van der Waals surface area contributed by atoms with Crippen LogP contribution in [0.2, 0.25) is 0 Å². The summed E-state index contributed by atoms with van der Waals surface area (Å²) in [5, 5.41) is 5.02. The van der Waals surface area contributed by atoms with E-state index in [9.17, 15) is 0 Å². The van der Waals surface area contributed by atoms with Gasteiger partial charge in [0.2, 0.25) is 0 Å². The van der Waals surface area contributed by atoms with Gasteiger partial charge in [0.05, 0.1) is 0 Å². The van der Waals surface area contributed by atoms with Crippen LogP contribution in [0.25, 0.3) is 0 Å². The zero-order valence-corrected chi connectivity index (χ0v) is 5.24.